The summed E-state index contributed by atoms with van der Waals surface area (Å²) in [6.07, 6.45) is 1.75. The average Bonchev–Trinajstić information content (AvgIpc) is 2.40. The quantitative estimate of drug-likeness (QED) is 0.894. The number of primary amides is 1. The molecule has 104 valence electrons. The van der Waals surface area contributed by atoms with Crippen LogP contribution in [0.3, 0.4) is 0 Å². The first-order valence-electron chi connectivity index (χ1n) is 6.28. The van der Waals surface area contributed by atoms with E-state index in [1.54, 1.807) is 17.0 Å². The molecule has 2 rings (SSSR count). The molecule has 0 unspecified atom stereocenters. The molecule has 6 heteroatoms. The number of carbonyl (C=O) groups excluding carboxylic acids is 1. The standard InChI is InChI=1S/C13H17ClFN3O/c14-11-7-9(1-2-12(11)15)8-17-10-3-5-18(6-4-10)13(16)19/h1-2,7,10,17H,3-6,8H2,(H2,16,19). The Morgan fingerprint density at radius 2 is 2.16 bits per heavy atom. The van der Waals surface area contributed by atoms with Crippen molar-refractivity contribution in [1.29, 1.82) is 0 Å². The summed E-state index contributed by atoms with van der Waals surface area (Å²) in [5.74, 6) is -0.403. The van der Waals surface area contributed by atoms with Gasteiger partial charge in [0, 0.05) is 25.7 Å². The van der Waals surface area contributed by atoms with E-state index in [1.807, 2.05) is 0 Å². The van der Waals surface area contributed by atoms with Crippen LogP contribution in [0, 0.1) is 5.82 Å². The SMILES string of the molecule is NC(=O)N1CCC(NCc2ccc(F)c(Cl)c2)CC1. The lowest BCUT2D eigenvalue weighted by molar-refractivity contribution is 0.185. The van der Waals surface area contributed by atoms with Gasteiger partial charge in [0.25, 0.3) is 0 Å². The molecule has 1 fully saturated rings. The van der Waals surface area contributed by atoms with Crippen molar-refractivity contribution in [3.8, 4) is 0 Å². The summed E-state index contributed by atoms with van der Waals surface area (Å²) in [5, 5.41) is 3.53. The van der Waals surface area contributed by atoms with E-state index < -0.39 is 5.82 Å². The van der Waals surface area contributed by atoms with Crippen molar-refractivity contribution in [3.63, 3.8) is 0 Å². The van der Waals surface area contributed by atoms with Crippen LogP contribution in [0.5, 0.6) is 0 Å². The lowest BCUT2D eigenvalue weighted by atomic mass is 10.0. The van der Waals surface area contributed by atoms with Crippen molar-refractivity contribution in [2.75, 3.05) is 13.1 Å². The first-order valence-corrected chi connectivity index (χ1v) is 6.66. The smallest absolute Gasteiger partial charge is 0.314 e. The maximum Gasteiger partial charge on any atom is 0.314 e. The molecule has 0 bridgehead atoms. The highest BCUT2D eigenvalue weighted by molar-refractivity contribution is 6.30. The van der Waals surface area contributed by atoms with Gasteiger partial charge in [0.1, 0.15) is 5.82 Å². The molecule has 2 amide bonds. The Bertz CT molecular complexity index is 461. The molecule has 3 N–H and O–H groups in total. The molecule has 4 nitrogen and oxygen atoms in total. The summed E-state index contributed by atoms with van der Waals surface area (Å²) < 4.78 is 13.0. The van der Waals surface area contributed by atoms with Crippen molar-refractivity contribution < 1.29 is 9.18 Å². The number of urea groups is 1. The fraction of sp³-hybridized carbons (Fsp3) is 0.462. The summed E-state index contributed by atoms with van der Waals surface area (Å²) in [4.78, 5) is 12.6. The molecule has 0 spiro atoms. The third-order valence-corrected chi connectivity index (χ3v) is 3.68. The summed E-state index contributed by atoms with van der Waals surface area (Å²) >= 11 is 5.73. The van der Waals surface area contributed by atoms with Gasteiger partial charge in [-0.15, -0.1) is 0 Å². The zero-order chi connectivity index (χ0) is 13.8. The Balaban J connectivity index is 1.80. The fourth-order valence-corrected chi connectivity index (χ4v) is 2.42. The molecule has 1 aromatic rings. The number of nitrogens with one attached hydrogen (secondary N) is 1. The normalized spacial score (nSPS) is 16.6. The van der Waals surface area contributed by atoms with Gasteiger partial charge in [-0.2, -0.15) is 0 Å². The van der Waals surface area contributed by atoms with Gasteiger partial charge >= 0.3 is 6.03 Å². The van der Waals surface area contributed by atoms with Crippen molar-refractivity contribution in [2.45, 2.75) is 25.4 Å². The van der Waals surface area contributed by atoms with Gasteiger partial charge in [-0.3, -0.25) is 0 Å². The second-order valence-corrected chi connectivity index (χ2v) is 5.14. The van der Waals surface area contributed by atoms with Crippen LogP contribution in [0.4, 0.5) is 9.18 Å². The van der Waals surface area contributed by atoms with E-state index in [0.717, 1.165) is 18.4 Å². The number of piperidine rings is 1. The van der Waals surface area contributed by atoms with Crippen LogP contribution >= 0.6 is 11.6 Å². The first-order chi connectivity index (χ1) is 9.06. The highest BCUT2D eigenvalue weighted by atomic mass is 35.5. The summed E-state index contributed by atoms with van der Waals surface area (Å²) in [6, 6.07) is 4.70. The monoisotopic (exact) mass is 285 g/mol. The van der Waals surface area contributed by atoms with Crippen LogP contribution in [0.2, 0.25) is 5.02 Å². The Kier molecular flexibility index (Phi) is 4.61. The van der Waals surface area contributed by atoms with E-state index in [2.05, 4.69) is 5.32 Å². The third-order valence-electron chi connectivity index (χ3n) is 3.39. The molecule has 1 saturated heterocycles. The van der Waals surface area contributed by atoms with Crippen LogP contribution in [-0.2, 0) is 6.54 Å². The molecule has 1 aliphatic rings. The molecule has 0 atom stereocenters. The number of hydrogen-bond donors (Lipinski definition) is 2. The molecule has 0 radical (unpaired) electrons. The lowest BCUT2D eigenvalue weighted by Crippen LogP contribution is -2.46. The summed E-state index contributed by atoms with van der Waals surface area (Å²) in [6.45, 7) is 2.00. The number of nitrogens with zero attached hydrogens (tertiary/aromatic N) is 1. The van der Waals surface area contributed by atoms with Crippen molar-refractivity contribution >= 4 is 17.6 Å². The molecule has 0 saturated carbocycles. The predicted octanol–water partition coefficient (Wildman–Crippen LogP) is 2.11. The first kappa shape index (κ1) is 14.1. The molecular formula is C13H17ClFN3O. The molecule has 1 aliphatic heterocycles. The fourth-order valence-electron chi connectivity index (χ4n) is 2.22. The van der Waals surface area contributed by atoms with E-state index in [4.69, 9.17) is 17.3 Å². The maximum absolute atomic E-state index is 13.0. The number of nitrogens with two attached hydrogens (primary N) is 1. The molecular weight excluding hydrogens is 269 g/mol. The maximum atomic E-state index is 13.0. The highest BCUT2D eigenvalue weighted by Gasteiger charge is 2.20. The minimum Gasteiger partial charge on any atom is -0.351 e. The largest absolute Gasteiger partial charge is 0.351 e. The number of hydrogen-bond acceptors (Lipinski definition) is 2. The number of carbonyl (C=O) groups is 1. The summed E-state index contributed by atoms with van der Waals surface area (Å²) in [7, 11) is 0. The zero-order valence-electron chi connectivity index (χ0n) is 10.5. The van der Waals surface area contributed by atoms with Crippen LogP contribution < -0.4 is 11.1 Å². The second-order valence-electron chi connectivity index (χ2n) is 4.73. The van der Waals surface area contributed by atoms with Crippen LogP contribution in [0.1, 0.15) is 18.4 Å². The van der Waals surface area contributed by atoms with E-state index >= 15 is 0 Å². The van der Waals surface area contributed by atoms with E-state index in [-0.39, 0.29) is 11.1 Å². The van der Waals surface area contributed by atoms with Gasteiger partial charge in [-0.1, -0.05) is 17.7 Å². The minimum atomic E-state index is -0.403. The van der Waals surface area contributed by atoms with Gasteiger partial charge in [-0.05, 0) is 30.5 Å². The third kappa shape index (κ3) is 3.81. The second kappa shape index (κ2) is 6.21. The van der Waals surface area contributed by atoms with Crippen molar-refractivity contribution in [2.24, 2.45) is 5.73 Å². The lowest BCUT2D eigenvalue weighted by Gasteiger charge is -2.31. The van der Waals surface area contributed by atoms with E-state index in [9.17, 15) is 9.18 Å². The van der Waals surface area contributed by atoms with Gasteiger partial charge in [-0.25, -0.2) is 9.18 Å². The Hall–Kier alpha value is -1.33. The highest BCUT2D eigenvalue weighted by Crippen LogP contribution is 2.17. The minimum absolute atomic E-state index is 0.142. The van der Waals surface area contributed by atoms with Crippen molar-refractivity contribution in [3.05, 3.63) is 34.6 Å². The Labute approximate surface area is 116 Å². The Morgan fingerprint density at radius 1 is 1.47 bits per heavy atom. The van der Waals surface area contributed by atoms with Gasteiger partial charge in [0.05, 0.1) is 5.02 Å². The molecule has 1 aromatic carbocycles. The predicted molar refractivity (Wildman–Crippen MR) is 72.4 cm³/mol. The number of halogens is 2. The topological polar surface area (TPSA) is 58.4 Å². The van der Waals surface area contributed by atoms with Crippen LogP contribution in [0.15, 0.2) is 18.2 Å². The van der Waals surface area contributed by atoms with Gasteiger partial charge in [0.2, 0.25) is 0 Å². The molecule has 19 heavy (non-hydrogen) atoms. The van der Waals surface area contributed by atoms with E-state index in [1.165, 1.54) is 6.07 Å². The van der Waals surface area contributed by atoms with Gasteiger partial charge < -0.3 is 16.0 Å². The van der Waals surface area contributed by atoms with E-state index in [0.29, 0.717) is 25.7 Å². The molecule has 0 aromatic heterocycles. The number of benzene rings is 1. The Morgan fingerprint density at radius 3 is 2.74 bits per heavy atom. The van der Waals surface area contributed by atoms with Crippen LogP contribution in [-0.4, -0.2) is 30.1 Å². The zero-order valence-corrected chi connectivity index (χ0v) is 11.3. The average molecular weight is 286 g/mol. The number of amides is 2. The van der Waals surface area contributed by atoms with Gasteiger partial charge in [0.15, 0.2) is 0 Å². The number of likely N-dealkylation sites (tertiary alicyclic amines) is 1. The molecule has 1 heterocycles. The summed E-state index contributed by atoms with van der Waals surface area (Å²) in [5.41, 5.74) is 6.17. The van der Waals surface area contributed by atoms with Crippen molar-refractivity contribution in [1.82, 2.24) is 10.2 Å². The van der Waals surface area contributed by atoms with Crippen LogP contribution in [0.25, 0.3) is 0 Å². The number of rotatable bonds is 3. The molecule has 0 aliphatic carbocycles.